The quantitative estimate of drug-likeness (QED) is 0.366. The molecule has 0 spiro atoms. The lowest BCUT2D eigenvalue weighted by molar-refractivity contribution is -0.176. The van der Waals surface area contributed by atoms with Crippen molar-refractivity contribution in [3.05, 3.63) is 0 Å². The Kier molecular flexibility index (Phi) is 7.31. The van der Waals surface area contributed by atoms with E-state index in [1.165, 1.54) is 4.90 Å². The van der Waals surface area contributed by atoms with Crippen molar-refractivity contribution in [3.63, 3.8) is 0 Å². The summed E-state index contributed by atoms with van der Waals surface area (Å²) in [5.74, 6) is -1.25. The summed E-state index contributed by atoms with van der Waals surface area (Å²) in [5.41, 5.74) is 4.26. The standard InChI is InChI=1S/C13H24BF3N2O4/c15-13(16,17)10-4-3-8-19(10)9-6-12(18,11(20)21)5-1-2-7-14(22)23/h10,22-23H,1-9,18H2,(H,20,21). The van der Waals surface area contributed by atoms with Crippen LogP contribution >= 0.6 is 0 Å². The fourth-order valence-corrected chi connectivity index (χ4v) is 2.91. The summed E-state index contributed by atoms with van der Waals surface area (Å²) < 4.78 is 38.6. The Morgan fingerprint density at radius 2 is 1.91 bits per heavy atom. The van der Waals surface area contributed by atoms with E-state index >= 15 is 0 Å². The van der Waals surface area contributed by atoms with Crippen LogP contribution in [0.5, 0.6) is 0 Å². The molecule has 0 aromatic heterocycles. The van der Waals surface area contributed by atoms with E-state index in [9.17, 15) is 23.1 Å². The summed E-state index contributed by atoms with van der Waals surface area (Å²) in [5, 5.41) is 26.8. The molecule has 1 aliphatic heterocycles. The predicted molar refractivity (Wildman–Crippen MR) is 78.7 cm³/mol. The first kappa shape index (κ1) is 20.2. The first-order valence-electron chi connectivity index (χ1n) is 7.75. The van der Waals surface area contributed by atoms with Crippen LogP contribution in [0.4, 0.5) is 13.2 Å². The van der Waals surface area contributed by atoms with Gasteiger partial charge in [-0.3, -0.25) is 9.69 Å². The van der Waals surface area contributed by atoms with E-state index in [4.69, 9.17) is 15.8 Å². The SMILES string of the molecule is NC(CCCCB(O)O)(CCN1CCCC1C(F)(F)F)C(=O)O. The van der Waals surface area contributed by atoms with Gasteiger partial charge in [0.1, 0.15) is 11.6 Å². The lowest BCUT2D eigenvalue weighted by atomic mass is 9.81. The molecule has 1 heterocycles. The second kappa shape index (κ2) is 8.32. The number of hydrogen-bond acceptors (Lipinski definition) is 5. The number of nitrogens with two attached hydrogens (primary N) is 1. The molecule has 1 fully saturated rings. The maximum atomic E-state index is 12.9. The van der Waals surface area contributed by atoms with Gasteiger partial charge in [0.2, 0.25) is 0 Å². The zero-order chi connectivity index (χ0) is 17.7. The number of rotatable bonds is 9. The van der Waals surface area contributed by atoms with Crippen LogP contribution in [0.25, 0.3) is 0 Å². The van der Waals surface area contributed by atoms with Gasteiger partial charge in [0.15, 0.2) is 0 Å². The number of carboxylic acids is 1. The minimum atomic E-state index is -4.31. The number of unbranched alkanes of at least 4 members (excludes halogenated alkanes) is 1. The highest BCUT2D eigenvalue weighted by Crippen LogP contribution is 2.33. The first-order valence-corrected chi connectivity index (χ1v) is 7.75. The van der Waals surface area contributed by atoms with Crippen molar-refractivity contribution in [2.24, 2.45) is 5.73 Å². The van der Waals surface area contributed by atoms with Crippen molar-refractivity contribution in [1.29, 1.82) is 0 Å². The van der Waals surface area contributed by atoms with Gasteiger partial charge in [-0.1, -0.05) is 12.8 Å². The van der Waals surface area contributed by atoms with Gasteiger partial charge in [0.25, 0.3) is 0 Å². The molecule has 1 aliphatic rings. The fraction of sp³-hybridized carbons (Fsp3) is 0.923. The molecule has 0 bridgehead atoms. The third kappa shape index (κ3) is 6.29. The Labute approximate surface area is 133 Å². The molecule has 0 aliphatic carbocycles. The number of aliphatic carboxylic acids is 1. The maximum Gasteiger partial charge on any atom is 0.451 e. The van der Waals surface area contributed by atoms with Crippen LogP contribution in [-0.4, -0.2) is 64.0 Å². The Hall–Kier alpha value is -0.835. The number of carboxylic acid groups (broad SMARTS) is 1. The number of likely N-dealkylation sites (tertiary alicyclic amines) is 1. The molecule has 0 saturated carbocycles. The highest BCUT2D eigenvalue weighted by molar-refractivity contribution is 6.40. The van der Waals surface area contributed by atoms with Gasteiger partial charge in [-0.2, -0.15) is 13.2 Å². The molecule has 6 nitrogen and oxygen atoms in total. The highest BCUT2D eigenvalue weighted by Gasteiger charge is 2.46. The second-order valence-electron chi connectivity index (χ2n) is 6.17. The molecule has 2 unspecified atom stereocenters. The lowest BCUT2D eigenvalue weighted by Gasteiger charge is -2.31. The van der Waals surface area contributed by atoms with Gasteiger partial charge in [0.05, 0.1) is 0 Å². The van der Waals surface area contributed by atoms with E-state index in [-0.39, 0.29) is 38.7 Å². The molecule has 0 radical (unpaired) electrons. The van der Waals surface area contributed by atoms with Crippen LogP contribution in [-0.2, 0) is 4.79 Å². The smallest absolute Gasteiger partial charge is 0.451 e. The first-order chi connectivity index (χ1) is 10.6. The van der Waals surface area contributed by atoms with E-state index in [1.807, 2.05) is 0 Å². The molecular formula is C13H24BF3N2O4. The molecule has 5 N–H and O–H groups in total. The average molecular weight is 340 g/mol. The maximum absolute atomic E-state index is 12.9. The van der Waals surface area contributed by atoms with Crippen LogP contribution < -0.4 is 5.73 Å². The Balaban J connectivity index is 2.53. The van der Waals surface area contributed by atoms with Crippen molar-refractivity contribution in [2.45, 2.75) is 62.6 Å². The minimum absolute atomic E-state index is 0.0183. The van der Waals surface area contributed by atoms with E-state index < -0.39 is 30.8 Å². The van der Waals surface area contributed by atoms with Crippen molar-refractivity contribution < 1.29 is 33.1 Å². The third-order valence-electron chi connectivity index (χ3n) is 4.35. The zero-order valence-corrected chi connectivity index (χ0v) is 12.9. The number of nitrogens with zero attached hydrogens (tertiary/aromatic N) is 1. The molecule has 2 atom stereocenters. The summed E-state index contributed by atoms with van der Waals surface area (Å²) in [6.07, 6.45) is -2.98. The summed E-state index contributed by atoms with van der Waals surface area (Å²) >= 11 is 0. The van der Waals surface area contributed by atoms with Gasteiger partial charge in [-0.05, 0) is 38.5 Å². The van der Waals surface area contributed by atoms with Crippen molar-refractivity contribution >= 4 is 13.1 Å². The van der Waals surface area contributed by atoms with Crippen LogP contribution in [0.1, 0.15) is 38.5 Å². The molecule has 134 valence electrons. The lowest BCUT2D eigenvalue weighted by Crippen LogP contribution is -2.51. The van der Waals surface area contributed by atoms with Gasteiger partial charge in [-0.15, -0.1) is 0 Å². The molecule has 0 aromatic rings. The fourth-order valence-electron chi connectivity index (χ4n) is 2.91. The van der Waals surface area contributed by atoms with Crippen LogP contribution in [0, 0.1) is 0 Å². The predicted octanol–water partition coefficient (Wildman–Crippen LogP) is 0.828. The zero-order valence-electron chi connectivity index (χ0n) is 12.9. The van der Waals surface area contributed by atoms with Crippen LogP contribution in [0.15, 0.2) is 0 Å². The largest absolute Gasteiger partial charge is 0.480 e. The van der Waals surface area contributed by atoms with Crippen LogP contribution in [0.3, 0.4) is 0 Å². The number of halogens is 3. The van der Waals surface area contributed by atoms with E-state index in [1.54, 1.807) is 0 Å². The molecule has 10 heteroatoms. The topological polar surface area (TPSA) is 107 Å². The van der Waals surface area contributed by atoms with E-state index in [0.29, 0.717) is 19.3 Å². The van der Waals surface area contributed by atoms with Crippen molar-refractivity contribution in [1.82, 2.24) is 4.90 Å². The van der Waals surface area contributed by atoms with Crippen LogP contribution in [0.2, 0.25) is 6.32 Å². The summed E-state index contributed by atoms with van der Waals surface area (Å²) in [6.45, 7) is 0.270. The molecular weight excluding hydrogens is 316 g/mol. The number of carbonyl (C=O) groups is 1. The third-order valence-corrected chi connectivity index (χ3v) is 4.35. The van der Waals surface area contributed by atoms with Crippen molar-refractivity contribution in [3.8, 4) is 0 Å². The van der Waals surface area contributed by atoms with Gasteiger partial charge < -0.3 is 20.9 Å². The Morgan fingerprint density at radius 3 is 2.43 bits per heavy atom. The van der Waals surface area contributed by atoms with E-state index in [2.05, 4.69) is 0 Å². The minimum Gasteiger partial charge on any atom is -0.480 e. The highest BCUT2D eigenvalue weighted by atomic mass is 19.4. The molecule has 0 aromatic carbocycles. The average Bonchev–Trinajstić information content (AvgIpc) is 2.89. The van der Waals surface area contributed by atoms with E-state index in [0.717, 1.165) is 0 Å². The second-order valence-corrected chi connectivity index (χ2v) is 6.17. The Morgan fingerprint density at radius 1 is 1.26 bits per heavy atom. The number of hydrogen-bond donors (Lipinski definition) is 4. The monoisotopic (exact) mass is 340 g/mol. The summed E-state index contributed by atoms with van der Waals surface area (Å²) in [6, 6.07) is -1.52. The van der Waals surface area contributed by atoms with Gasteiger partial charge >= 0.3 is 19.3 Å². The molecule has 0 amide bonds. The Bertz CT molecular complexity index is 398. The van der Waals surface area contributed by atoms with Gasteiger partial charge in [0, 0.05) is 6.54 Å². The summed E-state index contributed by atoms with van der Waals surface area (Å²) in [7, 11) is -1.45. The number of alkyl halides is 3. The molecule has 1 rings (SSSR count). The normalized spacial score (nSPS) is 22.1. The van der Waals surface area contributed by atoms with Gasteiger partial charge in [-0.25, -0.2) is 0 Å². The molecule has 1 saturated heterocycles. The molecule has 23 heavy (non-hydrogen) atoms. The van der Waals surface area contributed by atoms with Crippen molar-refractivity contribution in [2.75, 3.05) is 13.1 Å². The summed E-state index contributed by atoms with van der Waals surface area (Å²) in [4.78, 5) is 12.6.